The van der Waals surface area contributed by atoms with Gasteiger partial charge < -0.3 is 0 Å². The van der Waals surface area contributed by atoms with Crippen LogP contribution in [0.4, 0.5) is 0 Å². The number of hydrogen-bond acceptors (Lipinski definition) is 4. The molecule has 0 bridgehead atoms. The van der Waals surface area contributed by atoms with Gasteiger partial charge in [-0.1, -0.05) is 11.6 Å². The highest BCUT2D eigenvalue weighted by Gasteiger charge is 2.20. The van der Waals surface area contributed by atoms with Crippen LogP contribution in [-0.2, 0) is 9.84 Å². The number of nitrogens with zero attached hydrogens (tertiary/aromatic N) is 1. The van der Waals surface area contributed by atoms with E-state index in [0.29, 0.717) is 9.90 Å². The standard InChI is InChI=1S/C13H7BrClNO2S2/c14-13-6-3-10(19-13)7-12(8-16)20(17,18)11-4-1-9(15)2-5-11/h1-7H. The van der Waals surface area contributed by atoms with Gasteiger partial charge in [0.2, 0.25) is 9.84 Å². The molecule has 1 aromatic heterocycles. The Hall–Kier alpha value is -1.13. The molecule has 0 spiro atoms. The maximum absolute atomic E-state index is 12.3. The molecule has 0 aliphatic carbocycles. The van der Waals surface area contributed by atoms with E-state index in [1.807, 2.05) is 0 Å². The lowest BCUT2D eigenvalue weighted by atomic mass is 10.4. The highest BCUT2D eigenvalue weighted by Crippen LogP contribution is 2.27. The summed E-state index contributed by atoms with van der Waals surface area (Å²) in [5.74, 6) is 0. The molecule has 2 rings (SSSR count). The molecule has 0 amide bonds. The Morgan fingerprint density at radius 2 is 1.90 bits per heavy atom. The van der Waals surface area contributed by atoms with E-state index in [1.165, 1.54) is 41.7 Å². The van der Waals surface area contributed by atoms with E-state index in [9.17, 15) is 8.42 Å². The highest BCUT2D eigenvalue weighted by atomic mass is 79.9. The van der Waals surface area contributed by atoms with Crippen molar-refractivity contribution < 1.29 is 8.42 Å². The Morgan fingerprint density at radius 3 is 2.40 bits per heavy atom. The molecule has 0 fully saturated rings. The molecule has 0 saturated carbocycles. The minimum absolute atomic E-state index is 0.0466. The molecular weight excluding hydrogens is 382 g/mol. The largest absolute Gasteiger partial charge is 0.218 e. The predicted octanol–water partition coefficient (Wildman–Crippen LogP) is 4.50. The van der Waals surface area contributed by atoms with Gasteiger partial charge in [-0.15, -0.1) is 11.3 Å². The number of hydrogen-bond donors (Lipinski definition) is 0. The summed E-state index contributed by atoms with van der Waals surface area (Å²) in [7, 11) is -3.82. The molecule has 1 aromatic carbocycles. The first-order valence-electron chi connectivity index (χ1n) is 5.31. The van der Waals surface area contributed by atoms with Crippen molar-refractivity contribution in [3.63, 3.8) is 0 Å². The summed E-state index contributed by atoms with van der Waals surface area (Å²) in [5.41, 5.74) is 0. The van der Waals surface area contributed by atoms with E-state index in [0.717, 1.165) is 3.79 Å². The Balaban J connectivity index is 2.48. The fourth-order valence-corrected chi connectivity index (χ4v) is 4.16. The number of halogens is 2. The molecule has 102 valence electrons. The van der Waals surface area contributed by atoms with Crippen molar-refractivity contribution in [2.75, 3.05) is 0 Å². The predicted molar refractivity (Wildman–Crippen MR) is 84.2 cm³/mol. The minimum Gasteiger partial charge on any atom is -0.218 e. The van der Waals surface area contributed by atoms with Crippen LogP contribution in [0.3, 0.4) is 0 Å². The number of thiophene rings is 1. The van der Waals surface area contributed by atoms with Gasteiger partial charge in [-0.05, 0) is 58.4 Å². The highest BCUT2D eigenvalue weighted by molar-refractivity contribution is 9.11. The lowest BCUT2D eigenvalue weighted by Crippen LogP contribution is -2.03. The third-order valence-electron chi connectivity index (χ3n) is 2.39. The molecule has 20 heavy (non-hydrogen) atoms. The van der Waals surface area contributed by atoms with Gasteiger partial charge in [-0.2, -0.15) is 5.26 Å². The van der Waals surface area contributed by atoms with E-state index in [4.69, 9.17) is 16.9 Å². The topological polar surface area (TPSA) is 57.9 Å². The van der Waals surface area contributed by atoms with Crippen LogP contribution in [0.25, 0.3) is 6.08 Å². The fraction of sp³-hybridized carbons (Fsp3) is 0. The van der Waals surface area contributed by atoms with Crippen molar-refractivity contribution in [2.24, 2.45) is 0 Å². The van der Waals surface area contributed by atoms with Crippen LogP contribution in [0.1, 0.15) is 4.88 Å². The zero-order valence-electron chi connectivity index (χ0n) is 9.88. The minimum atomic E-state index is -3.82. The van der Waals surface area contributed by atoms with Crippen molar-refractivity contribution in [1.29, 1.82) is 5.26 Å². The first-order chi connectivity index (χ1) is 9.43. The molecule has 7 heteroatoms. The van der Waals surface area contributed by atoms with Crippen molar-refractivity contribution in [3.8, 4) is 6.07 Å². The zero-order chi connectivity index (χ0) is 14.8. The molecule has 2 aromatic rings. The van der Waals surface area contributed by atoms with E-state index in [2.05, 4.69) is 15.9 Å². The Bertz CT molecular complexity index is 802. The summed E-state index contributed by atoms with van der Waals surface area (Å²) in [6.45, 7) is 0. The Morgan fingerprint density at radius 1 is 1.25 bits per heavy atom. The second-order valence-corrected chi connectivity index (χ2v) is 8.57. The van der Waals surface area contributed by atoms with Crippen LogP contribution in [-0.4, -0.2) is 8.42 Å². The second kappa shape index (κ2) is 6.10. The number of rotatable bonds is 3. The van der Waals surface area contributed by atoms with Gasteiger partial charge in [0, 0.05) is 9.90 Å². The summed E-state index contributed by atoms with van der Waals surface area (Å²) in [4.78, 5) is 0.436. The molecular formula is C13H7BrClNO2S2. The molecule has 0 N–H and O–H groups in total. The quantitative estimate of drug-likeness (QED) is 0.727. The number of sulfone groups is 1. The fourth-order valence-electron chi connectivity index (χ4n) is 1.45. The smallest absolute Gasteiger partial charge is 0.216 e. The van der Waals surface area contributed by atoms with Crippen LogP contribution < -0.4 is 0 Å². The Kier molecular flexibility index (Phi) is 4.66. The summed E-state index contributed by atoms with van der Waals surface area (Å²) >= 11 is 10.4. The van der Waals surface area contributed by atoms with Gasteiger partial charge in [0.05, 0.1) is 8.68 Å². The number of allylic oxidation sites excluding steroid dienone is 1. The summed E-state index contributed by atoms with van der Waals surface area (Å²) in [5, 5.41) is 9.55. The second-order valence-electron chi connectivity index (χ2n) is 3.72. The van der Waals surface area contributed by atoms with Crippen molar-refractivity contribution in [2.45, 2.75) is 4.90 Å². The first kappa shape index (κ1) is 15.3. The van der Waals surface area contributed by atoms with Crippen LogP contribution in [0.2, 0.25) is 5.02 Å². The van der Waals surface area contributed by atoms with Gasteiger partial charge in [-0.3, -0.25) is 0 Å². The molecule has 1 heterocycles. The lowest BCUT2D eigenvalue weighted by molar-refractivity contribution is 0.603. The van der Waals surface area contributed by atoms with Crippen LogP contribution in [0.15, 0.2) is 50.0 Å². The van der Waals surface area contributed by atoms with Gasteiger partial charge in [0.25, 0.3) is 0 Å². The first-order valence-corrected chi connectivity index (χ1v) is 8.78. The van der Waals surface area contributed by atoms with E-state index >= 15 is 0 Å². The molecule has 0 saturated heterocycles. The lowest BCUT2D eigenvalue weighted by Gasteiger charge is -2.02. The van der Waals surface area contributed by atoms with Gasteiger partial charge in [0.1, 0.15) is 6.07 Å². The van der Waals surface area contributed by atoms with Crippen LogP contribution in [0.5, 0.6) is 0 Å². The zero-order valence-corrected chi connectivity index (χ0v) is 13.9. The van der Waals surface area contributed by atoms with Gasteiger partial charge in [-0.25, -0.2) is 8.42 Å². The summed E-state index contributed by atoms with van der Waals surface area (Å²) in [6, 6.07) is 11.0. The molecule has 0 atom stereocenters. The normalized spacial score (nSPS) is 12.2. The molecule has 0 aliphatic rings. The van der Waals surface area contributed by atoms with E-state index in [1.54, 1.807) is 18.2 Å². The third kappa shape index (κ3) is 3.30. The SMILES string of the molecule is N#CC(=Cc1ccc(Br)s1)S(=O)(=O)c1ccc(Cl)cc1. The molecule has 0 radical (unpaired) electrons. The third-order valence-corrected chi connectivity index (χ3v) is 5.89. The maximum Gasteiger partial charge on any atom is 0.216 e. The molecule has 3 nitrogen and oxygen atoms in total. The number of benzene rings is 1. The van der Waals surface area contributed by atoms with Gasteiger partial charge in [0.15, 0.2) is 4.91 Å². The molecule has 0 aliphatic heterocycles. The molecule has 0 unspecified atom stereocenters. The number of nitriles is 1. The van der Waals surface area contributed by atoms with Crippen molar-refractivity contribution in [1.82, 2.24) is 0 Å². The summed E-state index contributed by atoms with van der Waals surface area (Å²) in [6.07, 6.45) is 1.36. The van der Waals surface area contributed by atoms with Crippen molar-refractivity contribution >= 4 is 54.8 Å². The van der Waals surface area contributed by atoms with Gasteiger partial charge >= 0.3 is 0 Å². The Labute approximate surface area is 134 Å². The average molecular weight is 389 g/mol. The van der Waals surface area contributed by atoms with E-state index < -0.39 is 9.84 Å². The maximum atomic E-state index is 12.3. The van der Waals surface area contributed by atoms with Crippen molar-refractivity contribution in [3.05, 3.63) is 55.0 Å². The monoisotopic (exact) mass is 387 g/mol. The summed E-state index contributed by atoms with van der Waals surface area (Å²) < 4.78 is 25.6. The van der Waals surface area contributed by atoms with Crippen LogP contribution in [0, 0.1) is 11.3 Å². The average Bonchev–Trinajstić information content (AvgIpc) is 2.82. The van der Waals surface area contributed by atoms with E-state index in [-0.39, 0.29) is 9.80 Å². The van der Waals surface area contributed by atoms with Crippen LogP contribution >= 0.6 is 38.9 Å².